The molecule has 1 aliphatic carbocycles. The van der Waals surface area contributed by atoms with E-state index in [4.69, 9.17) is 0 Å². The Kier molecular flexibility index (Phi) is 1.65. The monoisotopic (exact) mass is 170 g/mol. The molecule has 0 spiro atoms. The summed E-state index contributed by atoms with van der Waals surface area (Å²) in [6.07, 6.45) is 1.04. The highest BCUT2D eigenvalue weighted by atomic mass is 16.6. The number of epoxide rings is 1. The van der Waals surface area contributed by atoms with Crippen LogP contribution in [0.3, 0.4) is 0 Å². The summed E-state index contributed by atoms with van der Waals surface area (Å²) < 4.78 is 4.65. The molecule has 66 valence electrons. The first-order valence-corrected chi connectivity index (χ1v) is 4.08. The normalized spacial score (nSPS) is 45.6. The van der Waals surface area contributed by atoms with Crippen LogP contribution in [0, 0.1) is 11.8 Å². The minimum absolute atomic E-state index is 0.198. The summed E-state index contributed by atoms with van der Waals surface area (Å²) in [5.74, 6) is -0.765. The van der Waals surface area contributed by atoms with Gasteiger partial charge < -0.3 is 14.6 Å². The van der Waals surface area contributed by atoms with Gasteiger partial charge in [-0.1, -0.05) is 0 Å². The maximum atomic E-state index is 10.6. The zero-order valence-electron chi connectivity index (χ0n) is 6.47. The van der Waals surface area contributed by atoms with Gasteiger partial charge in [0, 0.05) is 11.8 Å². The standard InChI is InChI=1S/C8H10O4/c9-3-4-1-2-5(10)6(4)7-8(11)12-7/h3-7,10H,1-2H2/t4-,5+,6-,7-/m1/s1. The number of carbonyl (C=O) groups excluding carboxylic acids is 2. The first-order chi connectivity index (χ1) is 5.74. The van der Waals surface area contributed by atoms with Crippen molar-refractivity contribution < 1.29 is 19.4 Å². The van der Waals surface area contributed by atoms with Gasteiger partial charge in [-0.25, -0.2) is 4.79 Å². The molecular formula is C8H10O4. The molecule has 0 bridgehead atoms. The van der Waals surface area contributed by atoms with Crippen LogP contribution in [0.15, 0.2) is 0 Å². The maximum Gasteiger partial charge on any atom is 0.348 e. The number of carbonyl (C=O) groups is 2. The molecule has 4 atom stereocenters. The Morgan fingerprint density at radius 3 is 2.67 bits per heavy atom. The van der Waals surface area contributed by atoms with Crippen LogP contribution in [0.2, 0.25) is 0 Å². The Labute approximate surface area is 69.5 Å². The van der Waals surface area contributed by atoms with E-state index in [1.807, 2.05) is 0 Å². The van der Waals surface area contributed by atoms with Crippen LogP contribution in [0.5, 0.6) is 0 Å². The minimum atomic E-state index is -0.545. The first kappa shape index (κ1) is 7.73. The Bertz CT molecular complexity index is 225. The molecule has 1 N–H and O–H groups in total. The van der Waals surface area contributed by atoms with E-state index in [0.717, 1.165) is 6.29 Å². The van der Waals surface area contributed by atoms with Crippen molar-refractivity contribution in [3.05, 3.63) is 0 Å². The molecule has 1 aliphatic heterocycles. The van der Waals surface area contributed by atoms with Crippen molar-refractivity contribution in [2.24, 2.45) is 11.8 Å². The summed E-state index contributed by atoms with van der Waals surface area (Å²) in [6, 6.07) is 0. The second-order valence-electron chi connectivity index (χ2n) is 3.38. The quantitative estimate of drug-likeness (QED) is 0.448. The Morgan fingerprint density at radius 1 is 1.50 bits per heavy atom. The van der Waals surface area contributed by atoms with E-state index in [0.29, 0.717) is 12.8 Å². The molecule has 4 nitrogen and oxygen atoms in total. The lowest BCUT2D eigenvalue weighted by molar-refractivity contribution is -0.117. The summed E-state index contributed by atoms with van der Waals surface area (Å²) >= 11 is 0. The average Bonchev–Trinajstić information content (AvgIpc) is 2.62. The first-order valence-electron chi connectivity index (χ1n) is 4.08. The van der Waals surface area contributed by atoms with Gasteiger partial charge in [-0.2, -0.15) is 0 Å². The summed E-state index contributed by atoms with van der Waals surface area (Å²) in [4.78, 5) is 21.2. The zero-order chi connectivity index (χ0) is 8.72. The minimum Gasteiger partial charge on any atom is -0.447 e. The van der Waals surface area contributed by atoms with Crippen molar-refractivity contribution in [3.8, 4) is 0 Å². The van der Waals surface area contributed by atoms with Crippen LogP contribution in [-0.4, -0.2) is 29.6 Å². The summed E-state index contributed by atoms with van der Waals surface area (Å²) in [5.41, 5.74) is 0. The third-order valence-electron chi connectivity index (χ3n) is 2.68. The zero-order valence-corrected chi connectivity index (χ0v) is 6.47. The van der Waals surface area contributed by atoms with Crippen molar-refractivity contribution in [2.75, 3.05) is 0 Å². The topological polar surface area (TPSA) is 66.9 Å². The molecule has 0 aromatic heterocycles. The second kappa shape index (κ2) is 2.55. The average molecular weight is 170 g/mol. The summed E-state index contributed by atoms with van der Waals surface area (Å²) in [6.45, 7) is 0. The summed E-state index contributed by atoms with van der Waals surface area (Å²) in [7, 11) is 0. The van der Waals surface area contributed by atoms with Crippen LogP contribution < -0.4 is 0 Å². The molecule has 12 heavy (non-hydrogen) atoms. The molecule has 4 heteroatoms. The second-order valence-corrected chi connectivity index (χ2v) is 3.38. The van der Waals surface area contributed by atoms with Crippen molar-refractivity contribution in [1.82, 2.24) is 0 Å². The largest absolute Gasteiger partial charge is 0.447 e. The van der Waals surface area contributed by atoms with Crippen LogP contribution in [-0.2, 0) is 14.3 Å². The molecule has 0 radical (unpaired) electrons. The fourth-order valence-corrected chi connectivity index (χ4v) is 1.95. The Hall–Kier alpha value is -0.900. The lowest BCUT2D eigenvalue weighted by Gasteiger charge is -2.12. The molecular weight excluding hydrogens is 160 g/mol. The van der Waals surface area contributed by atoms with Gasteiger partial charge in [-0.05, 0) is 12.8 Å². The van der Waals surface area contributed by atoms with Crippen molar-refractivity contribution in [1.29, 1.82) is 0 Å². The van der Waals surface area contributed by atoms with Gasteiger partial charge in [0.25, 0.3) is 0 Å². The van der Waals surface area contributed by atoms with Gasteiger partial charge in [0.05, 0.1) is 6.10 Å². The number of aliphatic hydroxyl groups excluding tert-OH is 1. The number of hydrogen-bond donors (Lipinski definition) is 1. The molecule has 0 aromatic rings. The fraction of sp³-hybridized carbons (Fsp3) is 0.750. The molecule has 0 aromatic carbocycles. The van der Waals surface area contributed by atoms with Crippen molar-refractivity contribution >= 4 is 12.3 Å². The van der Waals surface area contributed by atoms with Crippen molar-refractivity contribution in [3.63, 3.8) is 0 Å². The van der Waals surface area contributed by atoms with E-state index in [9.17, 15) is 14.7 Å². The summed E-state index contributed by atoms with van der Waals surface area (Å²) in [5, 5.41) is 9.43. The number of hydrogen-bond acceptors (Lipinski definition) is 4. The van der Waals surface area contributed by atoms with Gasteiger partial charge in [-0.15, -0.1) is 0 Å². The number of ether oxygens (including phenoxy) is 1. The predicted octanol–water partition coefficient (Wildman–Crippen LogP) is -0.502. The van der Waals surface area contributed by atoms with Gasteiger partial charge in [0.2, 0.25) is 6.10 Å². The van der Waals surface area contributed by atoms with Gasteiger partial charge in [0.1, 0.15) is 6.29 Å². The highest BCUT2D eigenvalue weighted by molar-refractivity contribution is 5.88. The molecule has 0 unspecified atom stereocenters. The Balaban J connectivity index is 2.09. The van der Waals surface area contributed by atoms with Gasteiger partial charge in [0.15, 0.2) is 0 Å². The number of aliphatic hydroxyl groups is 1. The molecule has 0 amide bonds. The number of aldehydes is 1. The molecule has 2 aliphatic rings. The molecule has 2 fully saturated rings. The third kappa shape index (κ3) is 1.03. The highest BCUT2D eigenvalue weighted by Gasteiger charge is 2.53. The fourth-order valence-electron chi connectivity index (χ4n) is 1.95. The number of cyclic esters (lactones) is 1. The van der Waals surface area contributed by atoms with E-state index >= 15 is 0 Å². The van der Waals surface area contributed by atoms with Crippen LogP contribution in [0.25, 0.3) is 0 Å². The van der Waals surface area contributed by atoms with E-state index in [2.05, 4.69) is 4.74 Å². The van der Waals surface area contributed by atoms with Gasteiger partial charge >= 0.3 is 5.97 Å². The van der Waals surface area contributed by atoms with Crippen LogP contribution in [0.1, 0.15) is 12.8 Å². The van der Waals surface area contributed by atoms with E-state index in [1.54, 1.807) is 0 Å². The predicted molar refractivity (Wildman–Crippen MR) is 38.2 cm³/mol. The molecule has 1 saturated heterocycles. The third-order valence-corrected chi connectivity index (χ3v) is 2.68. The Morgan fingerprint density at radius 2 is 2.17 bits per heavy atom. The van der Waals surface area contributed by atoms with Crippen LogP contribution >= 0.6 is 0 Å². The lowest BCUT2D eigenvalue weighted by Crippen LogP contribution is -2.26. The lowest BCUT2D eigenvalue weighted by atomic mass is 9.93. The smallest absolute Gasteiger partial charge is 0.348 e. The number of rotatable bonds is 2. The van der Waals surface area contributed by atoms with Gasteiger partial charge in [-0.3, -0.25) is 0 Å². The highest BCUT2D eigenvalue weighted by Crippen LogP contribution is 2.39. The SMILES string of the molecule is O=C[C@H]1CC[C@H](O)[C@@H]1[C@H]1OC1=O. The van der Waals surface area contributed by atoms with Crippen LogP contribution in [0.4, 0.5) is 0 Å². The molecule has 2 rings (SSSR count). The maximum absolute atomic E-state index is 10.6. The molecule has 1 heterocycles. The van der Waals surface area contributed by atoms with E-state index < -0.39 is 12.2 Å². The van der Waals surface area contributed by atoms with E-state index in [1.165, 1.54) is 0 Å². The molecule has 1 saturated carbocycles. The van der Waals surface area contributed by atoms with E-state index in [-0.39, 0.29) is 17.8 Å². The van der Waals surface area contributed by atoms with Crippen molar-refractivity contribution in [2.45, 2.75) is 25.0 Å².